The molecule has 1 aromatic rings. The van der Waals surface area contributed by atoms with Gasteiger partial charge in [-0.15, -0.1) is 0 Å². The van der Waals surface area contributed by atoms with E-state index in [1.807, 2.05) is 12.1 Å². The molecule has 2 N–H and O–H groups in total. The molecule has 1 aliphatic heterocycles. The van der Waals surface area contributed by atoms with E-state index in [4.69, 9.17) is 9.94 Å². The van der Waals surface area contributed by atoms with Gasteiger partial charge in [0, 0.05) is 12.1 Å². The fourth-order valence-corrected chi connectivity index (χ4v) is 2.48. The van der Waals surface area contributed by atoms with E-state index in [1.54, 1.807) is 18.7 Å². The maximum Gasteiger partial charge on any atom is 0.266 e. The zero-order chi connectivity index (χ0) is 15.4. The highest BCUT2D eigenvalue weighted by Gasteiger charge is 2.38. The maximum absolute atomic E-state index is 12.5. The topological polar surface area (TPSA) is 78.9 Å². The molecule has 114 valence electrons. The summed E-state index contributed by atoms with van der Waals surface area (Å²) in [6, 6.07) is 4.83. The maximum atomic E-state index is 12.5. The molecule has 0 spiro atoms. The molecule has 0 bridgehead atoms. The van der Waals surface area contributed by atoms with Gasteiger partial charge in [-0.2, -0.15) is 0 Å². The van der Waals surface area contributed by atoms with Gasteiger partial charge in [0.15, 0.2) is 0 Å². The molecule has 2 amide bonds. The Balaban J connectivity index is 2.22. The molecule has 0 aromatic heterocycles. The predicted octanol–water partition coefficient (Wildman–Crippen LogP) is 1.37. The van der Waals surface area contributed by atoms with E-state index in [9.17, 15) is 9.59 Å². The van der Waals surface area contributed by atoms with Gasteiger partial charge in [0.2, 0.25) is 0 Å². The van der Waals surface area contributed by atoms with Gasteiger partial charge in [-0.05, 0) is 36.6 Å². The molecule has 1 saturated heterocycles. The van der Waals surface area contributed by atoms with Crippen molar-refractivity contribution in [3.05, 3.63) is 29.3 Å². The van der Waals surface area contributed by atoms with E-state index in [0.29, 0.717) is 24.3 Å². The van der Waals surface area contributed by atoms with Crippen molar-refractivity contribution in [2.24, 2.45) is 0 Å². The third-order valence-corrected chi connectivity index (χ3v) is 3.68. The average molecular weight is 292 g/mol. The van der Waals surface area contributed by atoms with Crippen LogP contribution < -0.4 is 10.2 Å². The van der Waals surface area contributed by atoms with Gasteiger partial charge in [-0.25, -0.2) is 5.48 Å². The van der Waals surface area contributed by atoms with Crippen molar-refractivity contribution in [2.45, 2.75) is 32.2 Å². The van der Waals surface area contributed by atoms with Gasteiger partial charge in [0.25, 0.3) is 11.8 Å². The smallest absolute Gasteiger partial charge is 0.266 e. The number of hydrogen-bond acceptors (Lipinski definition) is 4. The molecule has 1 fully saturated rings. The monoisotopic (exact) mass is 292 g/mol. The number of carbonyl (C=O) groups is 2. The Morgan fingerprint density at radius 1 is 1.43 bits per heavy atom. The summed E-state index contributed by atoms with van der Waals surface area (Å²) >= 11 is 0. The Morgan fingerprint density at radius 3 is 2.71 bits per heavy atom. The van der Waals surface area contributed by atoms with Crippen molar-refractivity contribution < 1.29 is 19.5 Å². The zero-order valence-electron chi connectivity index (χ0n) is 12.3. The number of likely N-dealkylation sites (tertiary alicyclic amines) is 1. The number of nitrogens with zero attached hydrogens (tertiary/aromatic N) is 1. The second kappa shape index (κ2) is 6.58. The van der Waals surface area contributed by atoms with Gasteiger partial charge in [-0.3, -0.25) is 14.8 Å². The largest absolute Gasteiger partial charge is 0.497 e. The fourth-order valence-electron chi connectivity index (χ4n) is 2.48. The highest BCUT2D eigenvalue weighted by molar-refractivity contribution is 5.99. The minimum atomic E-state index is -0.594. The summed E-state index contributed by atoms with van der Waals surface area (Å²) in [7, 11) is 1.56. The standard InChI is InChI=1S/C15H20N2O4/c1-3-4-10-7-11(9-12(8-10)21-2)15(19)17-6-5-13(17)14(18)16-20/h7-9,13,20H,3-6H2,1-2H3,(H,16,18)/t13-/m1/s1. The third-order valence-electron chi connectivity index (χ3n) is 3.68. The first-order valence-electron chi connectivity index (χ1n) is 7.03. The van der Waals surface area contributed by atoms with Crippen molar-refractivity contribution in [1.82, 2.24) is 10.4 Å². The molecule has 1 aromatic carbocycles. The SMILES string of the molecule is CCCc1cc(OC)cc(C(=O)N2CC[C@@H]2C(=O)NO)c1. The Hall–Kier alpha value is -2.08. The first kappa shape index (κ1) is 15.3. The first-order chi connectivity index (χ1) is 10.1. The number of rotatable bonds is 5. The summed E-state index contributed by atoms with van der Waals surface area (Å²) in [5, 5.41) is 8.68. The van der Waals surface area contributed by atoms with Gasteiger partial charge in [0.1, 0.15) is 11.8 Å². The number of hydrogen-bond donors (Lipinski definition) is 2. The minimum Gasteiger partial charge on any atom is -0.497 e. The van der Waals surface area contributed by atoms with Crippen LogP contribution in [0, 0.1) is 0 Å². The fraction of sp³-hybridized carbons (Fsp3) is 0.467. The molecule has 6 heteroatoms. The van der Waals surface area contributed by atoms with Crippen molar-refractivity contribution in [3.63, 3.8) is 0 Å². The molecule has 1 atom stereocenters. The molecule has 0 unspecified atom stereocenters. The van der Waals surface area contributed by atoms with Crippen LogP contribution in [0.3, 0.4) is 0 Å². The highest BCUT2D eigenvalue weighted by atomic mass is 16.5. The van der Waals surface area contributed by atoms with E-state index in [0.717, 1.165) is 18.4 Å². The lowest BCUT2D eigenvalue weighted by Crippen LogP contribution is -2.57. The molecule has 6 nitrogen and oxygen atoms in total. The average Bonchev–Trinajstić information content (AvgIpc) is 2.45. The summed E-state index contributed by atoms with van der Waals surface area (Å²) in [6.07, 6.45) is 2.39. The lowest BCUT2D eigenvalue weighted by Gasteiger charge is -2.39. The number of amides is 2. The molecule has 0 aliphatic carbocycles. The molecule has 0 saturated carbocycles. The number of carbonyl (C=O) groups excluding carboxylic acids is 2. The summed E-state index contributed by atoms with van der Waals surface area (Å²) in [5.74, 6) is -0.134. The molecular weight excluding hydrogens is 272 g/mol. The summed E-state index contributed by atoms with van der Waals surface area (Å²) in [4.78, 5) is 25.4. The first-order valence-corrected chi connectivity index (χ1v) is 7.03. The van der Waals surface area contributed by atoms with E-state index < -0.39 is 11.9 Å². The molecule has 2 rings (SSSR count). The van der Waals surface area contributed by atoms with Gasteiger partial charge >= 0.3 is 0 Å². The summed E-state index contributed by atoms with van der Waals surface area (Å²) in [5.41, 5.74) is 3.14. The zero-order valence-corrected chi connectivity index (χ0v) is 12.3. The minimum absolute atomic E-state index is 0.217. The van der Waals surface area contributed by atoms with Crippen LogP contribution in [0.2, 0.25) is 0 Å². The number of ether oxygens (including phenoxy) is 1. The van der Waals surface area contributed by atoms with E-state index in [-0.39, 0.29) is 5.91 Å². The quantitative estimate of drug-likeness (QED) is 0.634. The van der Waals surface area contributed by atoms with E-state index in [1.165, 1.54) is 4.90 Å². The molecule has 1 heterocycles. The van der Waals surface area contributed by atoms with Gasteiger partial charge in [-0.1, -0.05) is 13.3 Å². The van der Waals surface area contributed by atoms with Crippen LogP contribution in [-0.4, -0.2) is 41.6 Å². The van der Waals surface area contributed by atoms with Crippen LogP contribution in [0.1, 0.15) is 35.7 Å². The molecule has 1 aliphatic rings. The lowest BCUT2D eigenvalue weighted by molar-refractivity contribution is -0.137. The van der Waals surface area contributed by atoms with Crippen LogP contribution in [0.25, 0.3) is 0 Å². The second-order valence-corrected chi connectivity index (χ2v) is 5.10. The van der Waals surface area contributed by atoms with Crippen LogP contribution in [0.4, 0.5) is 0 Å². The summed E-state index contributed by atoms with van der Waals surface area (Å²) < 4.78 is 5.23. The number of nitrogens with one attached hydrogen (secondary N) is 1. The van der Waals surface area contributed by atoms with Gasteiger partial charge in [0.05, 0.1) is 7.11 Å². The van der Waals surface area contributed by atoms with Crippen LogP contribution in [0.5, 0.6) is 5.75 Å². The van der Waals surface area contributed by atoms with Crippen LogP contribution >= 0.6 is 0 Å². The van der Waals surface area contributed by atoms with E-state index >= 15 is 0 Å². The lowest BCUT2D eigenvalue weighted by atomic mass is 9.99. The van der Waals surface area contributed by atoms with E-state index in [2.05, 4.69) is 6.92 Å². The third kappa shape index (κ3) is 3.16. The summed E-state index contributed by atoms with van der Waals surface area (Å²) in [6.45, 7) is 2.58. The van der Waals surface area contributed by atoms with Crippen LogP contribution in [0.15, 0.2) is 18.2 Å². The van der Waals surface area contributed by atoms with Crippen molar-refractivity contribution in [2.75, 3.05) is 13.7 Å². The number of methoxy groups -OCH3 is 1. The van der Waals surface area contributed by atoms with Crippen molar-refractivity contribution >= 4 is 11.8 Å². The van der Waals surface area contributed by atoms with Crippen molar-refractivity contribution in [3.8, 4) is 5.75 Å². The predicted molar refractivity (Wildman–Crippen MR) is 76.4 cm³/mol. The second-order valence-electron chi connectivity index (χ2n) is 5.10. The number of benzene rings is 1. The Bertz CT molecular complexity index is 544. The number of hydroxylamine groups is 1. The number of aryl methyl sites for hydroxylation is 1. The molecule has 21 heavy (non-hydrogen) atoms. The highest BCUT2D eigenvalue weighted by Crippen LogP contribution is 2.24. The Morgan fingerprint density at radius 2 is 2.19 bits per heavy atom. The van der Waals surface area contributed by atoms with Crippen molar-refractivity contribution in [1.29, 1.82) is 0 Å². The molecule has 0 radical (unpaired) electrons. The van der Waals surface area contributed by atoms with Gasteiger partial charge < -0.3 is 9.64 Å². The van der Waals surface area contributed by atoms with Crippen LogP contribution in [-0.2, 0) is 11.2 Å². The molecular formula is C15H20N2O4. The normalized spacial score (nSPS) is 17.1. The Kier molecular flexibility index (Phi) is 4.80. The Labute approximate surface area is 123 Å².